The van der Waals surface area contributed by atoms with E-state index in [1.165, 1.54) is 28.0 Å². The van der Waals surface area contributed by atoms with E-state index in [2.05, 4.69) is 15.2 Å². The number of aliphatic hydroxyl groups excluding tert-OH is 1. The summed E-state index contributed by atoms with van der Waals surface area (Å²) in [5, 5.41) is 21.4. The van der Waals surface area contributed by atoms with E-state index in [-0.39, 0.29) is 22.2 Å². The molecule has 1 aliphatic rings. The molecule has 1 saturated heterocycles. The number of halogens is 1. The van der Waals surface area contributed by atoms with Crippen molar-refractivity contribution in [2.24, 2.45) is 0 Å². The van der Waals surface area contributed by atoms with Gasteiger partial charge in [0.05, 0.1) is 17.3 Å². The van der Waals surface area contributed by atoms with Crippen molar-refractivity contribution in [3.63, 3.8) is 0 Å². The third-order valence-electron chi connectivity index (χ3n) is 7.78. The molecular weight excluding hydrogens is 654 g/mol. The van der Waals surface area contributed by atoms with Crippen molar-refractivity contribution in [1.82, 2.24) is 19.6 Å². The van der Waals surface area contributed by atoms with Gasteiger partial charge in [-0.2, -0.15) is 0 Å². The Balaban J connectivity index is 1.32. The molecule has 0 saturated carbocycles. The summed E-state index contributed by atoms with van der Waals surface area (Å²) >= 11 is 8.68. The highest BCUT2D eigenvalue weighted by Crippen LogP contribution is 2.45. The number of benzene rings is 3. The minimum Gasteiger partial charge on any atom is -0.505 e. The van der Waals surface area contributed by atoms with Crippen LogP contribution in [0.25, 0.3) is 11.4 Å². The lowest BCUT2D eigenvalue weighted by atomic mass is 9.96. The van der Waals surface area contributed by atoms with Crippen LogP contribution in [0.3, 0.4) is 0 Å². The van der Waals surface area contributed by atoms with Gasteiger partial charge in [-0.25, -0.2) is 4.98 Å². The number of fused-ring (bicyclic) bond motifs is 1. The van der Waals surface area contributed by atoms with Gasteiger partial charge in [-0.1, -0.05) is 83.2 Å². The van der Waals surface area contributed by atoms with Crippen molar-refractivity contribution in [3.8, 4) is 11.5 Å². The number of aromatic nitrogens is 4. The molecule has 3 aromatic heterocycles. The number of hydrogen-bond acceptors (Lipinski definition) is 9. The zero-order valence-electron chi connectivity index (χ0n) is 25.1. The lowest BCUT2D eigenvalue weighted by molar-refractivity contribution is -0.132. The predicted molar refractivity (Wildman–Crippen MR) is 183 cm³/mol. The summed E-state index contributed by atoms with van der Waals surface area (Å²) < 4.78 is 8.55. The number of rotatable bonds is 8. The molecule has 3 aromatic carbocycles. The highest BCUT2D eigenvalue weighted by Gasteiger charge is 2.49. The van der Waals surface area contributed by atoms with Crippen molar-refractivity contribution in [2.75, 3.05) is 4.90 Å². The van der Waals surface area contributed by atoms with Gasteiger partial charge in [0.2, 0.25) is 5.13 Å². The molecular formula is C35H26ClN5O4S2. The molecule has 4 heterocycles. The van der Waals surface area contributed by atoms with Crippen LogP contribution < -0.4 is 9.64 Å². The van der Waals surface area contributed by atoms with E-state index in [0.717, 1.165) is 11.1 Å². The third kappa shape index (κ3) is 5.89. The number of nitrogens with zero attached hydrogens (tertiary/aromatic N) is 5. The first-order valence-electron chi connectivity index (χ1n) is 14.6. The zero-order valence-corrected chi connectivity index (χ0v) is 27.5. The second-order valence-corrected chi connectivity index (χ2v) is 13.5. The average Bonchev–Trinajstić information content (AvgIpc) is 3.76. The number of carbonyl (C=O) groups excluding carboxylic acids is 2. The number of ketones is 1. The lowest BCUT2D eigenvalue weighted by Gasteiger charge is -2.23. The molecule has 7 rings (SSSR count). The molecule has 1 amide bonds. The van der Waals surface area contributed by atoms with E-state index < -0.39 is 17.7 Å². The highest BCUT2D eigenvalue weighted by atomic mass is 35.5. The van der Waals surface area contributed by atoms with Crippen LogP contribution in [0.1, 0.15) is 34.1 Å². The van der Waals surface area contributed by atoms with E-state index in [4.69, 9.17) is 16.3 Å². The largest absolute Gasteiger partial charge is 0.505 e. The van der Waals surface area contributed by atoms with Gasteiger partial charge in [0.25, 0.3) is 5.78 Å². The fraction of sp³-hybridized carbons (Fsp3) is 0.114. The maximum absolute atomic E-state index is 13.9. The van der Waals surface area contributed by atoms with Crippen LogP contribution in [-0.2, 0) is 15.3 Å². The van der Waals surface area contributed by atoms with Crippen molar-refractivity contribution in [1.29, 1.82) is 0 Å². The molecule has 0 radical (unpaired) electrons. The molecule has 47 heavy (non-hydrogen) atoms. The normalized spacial score (nSPS) is 15.9. The molecule has 0 bridgehead atoms. The molecule has 9 nitrogen and oxygen atoms in total. The summed E-state index contributed by atoms with van der Waals surface area (Å²) in [6.07, 6.45) is 1.84. The van der Waals surface area contributed by atoms with Gasteiger partial charge in [-0.3, -0.25) is 14.5 Å². The number of thioether (sulfide) groups is 1. The van der Waals surface area contributed by atoms with E-state index in [9.17, 15) is 14.7 Å². The second-order valence-electron chi connectivity index (χ2n) is 10.9. The van der Waals surface area contributed by atoms with Crippen LogP contribution in [0.15, 0.2) is 107 Å². The molecule has 6 aromatic rings. The predicted octanol–water partition coefficient (Wildman–Crippen LogP) is 8.17. The molecule has 0 aliphatic carbocycles. The number of aliphatic hydroxyl groups is 1. The smallest absolute Gasteiger partial charge is 0.301 e. The summed E-state index contributed by atoms with van der Waals surface area (Å²) in [5.41, 5.74) is 3.88. The second kappa shape index (κ2) is 12.7. The van der Waals surface area contributed by atoms with Gasteiger partial charge in [-0.15, -0.1) is 10.2 Å². The highest BCUT2D eigenvalue weighted by molar-refractivity contribution is 8.00. The Labute approximate surface area is 283 Å². The van der Waals surface area contributed by atoms with Gasteiger partial charge >= 0.3 is 5.91 Å². The van der Waals surface area contributed by atoms with Crippen molar-refractivity contribution >= 4 is 62.9 Å². The number of amides is 1. The fourth-order valence-corrected chi connectivity index (χ4v) is 7.43. The standard InChI is InChI=1S/C35H26ClN5O4S2/c1-20-8-7-17-40-21(2)28(37-32(20)40)30(42)27-29(23-9-6-12-26(18-23)45-25-10-4-3-5-11-25)41(33(44)31(27)43)34-38-39-35(47-34)46-19-22-13-15-24(36)16-14-22/h3-18,29,42H,19H2,1-2H3. The quantitative estimate of drug-likeness (QED) is 0.0564. The Morgan fingerprint density at radius 3 is 2.49 bits per heavy atom. The van der Waals surface area contributed by atoms with Gasteiger partial charge < -0.3 is 14.2 Å². The van der Waals surface area contributed by atoms with Crippen molar-refractivity contribution < 1.29 is 19.4 Å². The van der Waals surface area contributed by atoms with Gasteiger partial charge in [0.15, 0.2) is 10.1 Å². The number of ether oxygens (including phenoxy) is 1. The minimum absolute atomic E-state index is 0.0958. The van der Waals surface area contributed by atoms with E-state index >= 15 is 0 Å². The Bertz CT molecular complexity index is 2180. The number of pyridine rings is 1. The van der Waals surface area contributed by atoms with E-state index in [0.29, 0.717) is 43.5 Å². The number of carbonyl (C=O) groups is 2. The number of Topliss-reactive ketones (excluding diaryl/α,β-unsaturated/α-hetero) is 1. The minimum atomic E-state index is -1.03. The van der Waals surface area contributed by atoms with E-state index in [1.807, 2.05) is 91.2 Å². The summed E-state index contributed by atoms with van der Waals surface area (Å²) in [7, 11) is 0. The molecule has 0 spiro atoms. The number of para-hydroxylation sites is 1. The summed E-state index contributed by atoms with van der Waals surface area (Å²) in [5.74, 6) is -0.308. The fourth-order valence-electron chi connectivity index (χ4n) is 5.48. The Morgan fingerprint density at radius 2 is 1.72 bits per heavy atom. The first-order valence-corrected chi connectivity index (χ1v) is 16.8. The first-order chi connectivity index (χ1) is 22.8. The average molecular weight is 680 g/mol. The Morgan fingerprint density at radius 1 is 0.957 bits per heavy atom. The van der Waals surface area contributed by atoms with Gasteiger partial charge in [0, 0.05) is 17.0 Å². The van der Waals surface area contributed by atoms with Gasteiger partial charge in [-0.05, 0) is 73.0 Å². The topological polar surface area (TPSA) is 110 Å². The molecule has 1 fully saturated rings. The summed E-state index contributed by atoms with van der Waals surface area (Å²) in [6, 6.07) is 26.7. The van der Waals surface area contributed by atoms with E-state index in [1.54, 1.807) is 24.3 Å². The first kappa shape index (κ1) is 30.7. The van der Waals surface area contributed by atoms with Crippen LogP contribution in [-0.4, -0.2) is 36.4 Å². The Kier molecular flexibility index (Phi) is 8.27. The molecule has 1 aliphatic heterocycles. The van der Waals surface area contributed by atoms with Gasteiger partial charge in [0.1, 0.15) is 22.8 Å². The maximum atomic E-state index is 13.9. The number of imidazole rings is 1. The SMILES string of the molecule is Cc1cccn2c(C)c(C(O)=C3C(=O)C(=O)N(c4nnc(SCc5ccc(Cl)cc5)s4)C3c3cccc(Oc4ccccc4)c3)nc12. The molecule has 234 valence electrons. The van der Waals surface area contributed by atoms with Crippen LogP contribution in [0.4, 0.5) is 5.13 Å². The van der Waals surface area contributed by atoms with Crippen LogP contribution in [0.2, 0.25) is 5.02 Å². The monoisotopic (exact) mass is 679 g/mol. The zero-order chi connectivity index (χ0) is 32.7. The van der Waals surface area contributed by atoms with Crippen LogP contribution in [0.5, 0.6) is 11.5 Å². The van der Waals surface area contributed by atoms with Crippen LogP contribution in [0, 0.1) is 13.8 Å². The summed E-state index contributed by atoms with van der Waals surface area (Å²) in [6.45, 7) is 3.73. The lowest BCUT2D eigenvalue weighted by Crippen LogP contribution is -2.29. The maximum Gasteiger partial charge on any atom is 0.301 e. The van der Waals surface area contributed by atoms with Crippen LogP contribution >= 0.6 is 34.7 Å². The number of hydrogen-bond donors (Lipinski definition) is 1. The Hall–Kier alpha value is -4.97. The van der Waals surface area contributed by atoms with Crippen molar-refractivity contribution in [3.05, 3.63) is 136 Å². The number of anilines is 1. The molecule has 1 atom stereocenters. The molecule has 1 N–H and O–H groups in total. The third-order valence-corrected chi connectivity index (χ3v) is 10.2. The molecule has 1 unspecified atom stereocenters. The molecule has 12 heteroatoms. The van der Waals surface area contributed by atoms with Crippen molar-refractivity contribution in [2.45, 2.75) is 30.0 Å². The summed E-state index contributed by atoms with van der Waals surface area (Å²) in [4.78, 5) is 33.7. The number of aryl methyl sites for hydroxylation is 2.